The van der Waals surface area contributed by atoms with Crippen molar-refractivity contribution in [1.82, 2.24) is 4.72 Å². The highest BCUT2D eigenvalue weighted by atomic mass is 32.2. The van der Waals surface area contributed by atoms with E-state index in [4.69, 9.17) is 9.47 Å². The zero-order chi connectivity index (χ0) is 11.2. The molecule has 0 atom stereocenters. The van der Waals surface area contributed by atoms with Gasteiger partial charge in [0.05, 0.1) is 12.3 Å². The highest BCUT2D eigenvalue weighted by molar-refractivity contribution is 7.89. The molecule has 0 aliphatic heterocycles. The molecule has 0 aromatic heterocycles. The summed E-state index contributed by atoms with van der Waals surface area (Å²) in [5.74, 6) is 0.226. The predicted molar refractivity (Wildman–Crippen MR) is 54.4 cm³/mol. The van der Waals surface area contributed by atoms with Gasteiger partial charge < -0.3 is 9.47 Å². The van der Waals surface area contributed by atoms with E-state index >= 15 is 0 Å². The van der Waals surface area contributed by atoms with Gasteiger partial charge in [0.25, 0.3) is 0 Å². The number of rotatable bonds is 7. The summed E-state index contributed by atoms with van der Waals surface area (Å²) >= 11 is 0. The minimum Gasteiger partial charge on any atom is -0.355 e. The second-order valence-electron chi connectivity index (χ2n) is 3.42. The van der Waals surface area contributed by atoms with Crippen LogP contribution in [0.15, 0.2) is 0 Å². The minimum absolute atomic E-state index is 0.107. The van der Waals surface area contributed by atoms with Crippen molar-refractivity contribution in [2.45, 2.75) is 20.1 Å². The maximum atomic E-state index is 11.4. The molecule has 0 bridgehead atoms. The summed E-state index contributed by atoms with van der Waals surface area (Å²) in [5, 5.41) is 0. The largest absolute Gasteiger partial charge is 0.355 e. The van der Waals surface area contributed by atoms with Gasteiger partial charge in [0.2, 0.25) is 10.0 Å². The molecule has 0 amide bonds. The maximum absolute atomic E-state index is 11.4. The van der Waals surface area contributed by atoms with Crippen LogP contribution >= 0.6 is 0 Å². The molecule has 0 heterocycles. The molecule has 0 aliphatic carbocycles. The Morgan fingerprint density at radius 3 is 2.07 bits per heavy atom. The molecule has 0 fully saturated rings. The molecule has 0 radical (unpaired) electrons. The second kappa shape index (κ2) is 6.34. The summed E-state index contributed by atoms with van der Waals surface area (Å²) in [7, 11) is -0.280. The van der Waals surface area contributed by atoms with E-state index in [2.05, 4.69) is 4.72 Å². The smallest absolute Gasteiger partial charge is 0.212 e. The van der Waals surface area contributed by atoms with Crippen LogP contribution in [0.25, 0.3) is 0 Å². The molecular formula is C8H19NO4S. The molecular weight excluding hydrogens is 206 g/mol. The second-order valence-corrected chi connectivity index (χ2v) is 5.28. The number of methoxy groups -OCH3 is 2. The highest BCUT2D eigenvalue weighted by Gasteiger charge is 2.14. The Labute approximate surface area is 85.8 Å². The third-order valence-electron chi connectivity index (χ3n) is 1.55. The Kier molecular flexibility index (Phi) is 6.26. The van der Waals surface area contributed by atoms with Crippen molar-refractivity contribution in [3.05, 3.63) is 0 Å². The normalized spacial score (nSPS) is 12.7. The Morgan fingerprint density at radius 2 is 1.71 bits per heavy atom. The molecule has 1 N–H and O–H groups in total. The Hall–Kier alpha value is -0.170. The number of ether oxygens (including phenoxy) is 2. The molecule has 0 rings (SSSR count). The molecule has 0 spiro atoms. The fraction of sp³-hybridized carbons (Fsp3) is 1.00. The van der Waals surface area contributed by atoms with E-state index in [1.54, 1.807) is 0 Å². The average Bonchev–Trinajstić information content (AvgIpc) is 2.03. The molecule has 14 heavy (non-hydrogen) atoms. The lowest BCUT2D eigenvalue weighted by molar-refractivity contribution is -0.0960. The monoisotopic (exact) mass is 225 g/mol. The zero-order valence-electron chi connectivity index (χ0n) is 9.11. The van der Waals surface area contributed by atoms with Crippen LogP contribution in [0.1, 0.15) is 13.8 Å². The first kappa shape index (κ1) is 13.8. The maximum Gasteiger partial charge on any atom is 0.212 e. The molecule has 5 nitrogen and oxygen atoms in total. The van der Waals surface area contributed by atoms with Crippen LogP contribution < -0.4 is 4.72 Å². The van der Waals surface area contributed by atoms with Crippen LogP contribution in [-0.2, 0) is 19.5 Å². The van der Waals surface area contributed by atoms with Crippen molar-refractivity contribution in [1.29, 1.82) is 0 Å². The van der Waals surface area contributed by atoms with Crippen molar-refractivity contribution < 1.29 is 17.9 Å². The summed E-state index contributed by atoms with van der Waals surface area (Å²) in [6, 6.07) is 0. The van der Waals surface area contributed by atoms with Crippen LogP contribution in [0.3, 0.4) is 0 Å². The van der Waals surface area contributed by atoms with Crippen LogP contribution in [0.2, 0.25) is 0 Å². The van der Waals surface area contributed by atoms with E-state index in [0.717, 1.165) is 0 Å². The van der Waals surface area contributed by atoms with Crippen molar-refractivity contribution in [3.8, 4) is 0 Å². The van der Waals surface area contributed by atoms with E-state index in [0.29, 0.717) is 0 Å². The minimum atomic E-state index is -3.21. The Balaban J connectivity index is 3.98. The van der Waals surface area contributed by atoms with E-state index in [9.17, 15) is 8.42 Å². The summed E-state index contributed by atoms with van der Waals surface area (Å²) in [6.45, 7) is 3.84. The first-order valence-corrected chi connectivity index (χ1v) is 6.09. The van der Waals surface area contributed by atoms with Crippen LogP contribution in [0, 0.1) is 5.92 Å². The van der Waals surface area contributed by atoms with Gasteiger partial charge in [0, 0.05) is 14.2 Å². The first-order chi connectivity index (χ1) is 6.41. The fourth-order valence-electron chi connectivity index (χ4n) is 0.956. The van der Waals surface area contributed by atoms with Crippen LogP contribution in [0.5, 0.6) is 0 Å². The van der Waals surface area contributed by atoms with Gasteiger partial charge in [0.1, 0.15) is 0 Å². The number of sulfonamides is 1. The van der Waals surface area contributed by atoms with Gasteiger partial charge in [0.15, 0.2) is 6.29 Å². The number of hydrogen-bond acceptors (Lipinski definition) is 4. The van der Waals surface area contributed by atoms with Gasteiger partial charge in [-0.25, -0.2) is 13.1 Å². The standard InChI is InChI=1S/C8H19NO4S/c1-7(2)6-14(10,11)9-5-8(12-3)13-4/h7-9H,5-6H2,1-4H3. The SMILES string of the molecule is COC(CNS(=O)(=O)CC(C)C)OC. The lowest BCUT2D eigenvalue weighted by atomic mass is 10.3. The third kappa shape index (κ3) is 6.31. The molecule has 0 unspecified atom stereocenters. The Bertz CT molecular complexity index is 234. The number of nitrogens with one attached hydrogen (secondary N) is 1. The van der Waals surface area contributed by atoms with Gasteiger partial charge in [-0.2, -0.15) is 0 Å². The Morgan fingerprint density at radius 1 is 1.21 bits per heavy atom. The van der Waals surface area contributed by atoms with Crippen molar-refractivity contribution >= 4 is 10.0 Å². The summed E-state index contributed by atoms with van der Waals surface area (Å²) in [5.41, 5.74) is 0. The average molecular weight is 225 g/mol. The summed E-state index contributed by atoms with van der Waals surface area (Å²) < 4.78 is 34.8. The van der Waals surface area contributed by atoms with Crippen LogP contribution in [0.4, 0.5) is 0 Å². The predicted octanol–water partition coefficient (Wildman–Crippen LogP) is 0.181. The molecule has 0 aliphatic rings. The fourth-order valence-corrected chi connectivity index (χ4v) is 2.34. The van der Waals surface area contributed by atoms with Gasteiger partial charge in [-0.15, -0.1) is 0 Å². The molecule has 0 saturated carbocycles. The molecule has 0 aromatic rings. The van der Waals surface area contributed by atoms with Gasteiger partial charge in [-0.05, 0) is 5.92 Å². The third-order valence-corrected chi connectivity index (χ3v) is 3.26. The number of hydrogen-bond donors (Lipinski definition) is 1. The first-order valence-electron chi connectivity index (χ1n) is 4.44. The van der Waals surface area contributed by atoms with E-state index in [1.165, 1.54) is 14.2 Å². The van der Waals surface area contributed by atoms with Gasteiger partial charge in [-0.3, -0.25) is 0 Å². The van der Waals surface area contributed by atoms with Crippen LogP contribution in [-0.4, -0.2) is 41.2 Å². The van der Waals surface area contributed by atoms with Crippen molar-refractivity contribution in [3.63, 3.8) is 0 Å². The van der Waals surface area contributed by atoms with Crippen molar-refractivity contribution in [2.24, 2.45) is 5.92 Å². The molecule has 0 saturated heterocycles. The molecule has 86 valence electrons. The lowest BCUT2D eigenvalue weighted by Crippen LogP contribution is -2.36. The van der Waals surface area contributed by atoms with Gasteiger partial charge >= 0.3 is 0 Å². The summed E-state index contributed by atoms with van der Waals surface area (Å²) in [6.07, 6.45) is -0.531. The van der Waals surface area contributed by atoms with E-state index < -0.39 is 16.3 Å². The topological polar surface area (TPSA) is 64.6 Å². The van der Waals surface area contributed by atoms with Crippen molar-refractivity contribution in [2.75, 3.05) is 26.5 Å². The summed E-state index contributed by atoms with van der Waals surface area (Å²) in [4.78, 5) is 0. The zero-order valence-corrected chi connectivity index (χ0v) is 9.93. The van der Waals surface area contributed by atoms with Gasteiger partial charge in [-0.1, -0.05) is 13.8 Å². The lowest BCUT2D eigenvalue weighted by Gasteiger charge is -2.14. The van der Waals surface area contributed by atoms with E-state index in [-0.39, 0.29) is 18.2 Å². The molecule has 0 aromatic carbocycles. The highest BCUT2D eigenvalue weighted by Crippen LogP contribution is 1.98. The molecule has 6 heteroatoms. The van der Waals surface area contributed by atoms with E-state index in [1.807, 2.05) is 13.8 Å². The quantitative estimate of drug-likeness (QED) is 0.628.